The van der Waals surface area contributed by atoms with E-state index in [9.17, 15) is 9.59 Å². The molecular weight excluding hydrogens is 422 g/mol. The summed E-state index contributed by atoms with van der Waals surface area (Å²) in [5, 5.41) is 4.96. The molecule has 0 saturated heterocycles. The van der Waals surface area contributed by atoms with Gasteiger partial charge in [-0.15, -0.1) is 0 Å². The lowest BCUT2D eigenvalue weighted by molar-refractivity contribution is -0.133. The number of hydrogen-bond donors (Lipinski definition) is 1. The van der Waals surface area contributed by atoms with E-state index in [1.54, 1.807) is 4.90 Å². The Morgan fingerprint density at radius 1 is 1.12 bits per heavy atom. The Bertz CT molecular complexity index is 1160. The molecule has 32 heavy (non-hydrogen) atoms. The first kappa shape index (κ1) is 21.1. The predicted molar refractivity (Wildman–Crippen MR) is 127 cm³/mol. The highest BCUT2D eigenvalue weighted by Crippen LogP contribution is 2.33. The van der Waals surface area contributed by atoms with Gasteiger partial charge in [0.05, 0.1) is 6.54 Å². The van der Waals surface area contributed by atoms with Gasteiger partial charge < -0.3 is 14.8 Å². The second kappa shape index (κ2) is 8.28. The van der Waals surface area contributed by atoms with Crippen LogP contribution in [0.25, 0.3) is 10.9 Å². The van der Waals surface area contributed by atoms with E-state index in [2.05, 4.69) is 5.32 Å². The summed E-state index contributed by atoms with van der Waals surface area (Å²) in [5.41, 5.74) is 1.77. The number of aromatic nitrogens is 1. The third-order valence-electron chi connectivity index (χ3n) is 7.05. The van der Waals surface area contributed by atoms with Crippen molar-refractivity contribution >= 4 is 34.3 Å². The first-order valence-electron chi connectivity index (χ1n) is 11.4. The topological polar surface area (TPSA) is 54.3 Å². The SMILES string of the molecule is CC1(C(=O)NC2CCCC2)Cn2c(cc3ccccc32)C(=O)N1CCc1ccc(Cl)cc1. The molecule has 1 saturated carbocycles. The molecule has 2 amide bonds. The van der Waals surface area contributed by atoms with E-state index in [0.29, 0.717) is 30.2 Å². The highest BCUT2D eigenvalue weighted by atomic mass is 35.5. The molecule has 166 valence electrons. The minimum atomic E-state index is -0.957. The zero-order valence-electron chi connectivity index (χ0n) is 18.3. The molecule has 6 heteroatoms. The van der Waals surface area contributed by atoms with Crippen molar-refractivity contribution in [3.8, 4) is 0 Å². The standard InChI is InChI=1S/C26H28ClN3O2/c1-26(25(32)28-21-7-3-4-8-21)17-29-22-9-5-2-6-19(22)16-23(29)24(31)30(26)15-14-18-10-12-20(27)13-11-18/h2,5-6,9-13,16,21H,3-4,7-8,14-15,17H2,1H3,(H,28,32). The quantitative estimate of drug-likeness (QED) is 0.607. The lowest BCUT2D eigenvalue weighted by atomic mass is 9.93. The third kappa shape index (κ3) is 3.69. The van der Waals surface area contributed by atoms with Crippen molar-refractivity contribution in [1.82, 2.24) is 14.8 Å². The number of carbonyl (C=O) groups excluding carboxylic acids is 2. The molecule has 3 aromatic rings. The van der Waals surface area contributed by atoms with Crippen molar-refractivity contribution in [2.75, 3.05) is 6.54 Å². The summed E-state index contributed by atoms with van der Waals surface area (Å²) in [6.45, 7) is 2.83. The van der Waals surface area contributed by atoms with Crippen LogP contribution in [0.15, 0.2) is 54.6 Å². The van der Waals surface area contributed by atoms with Gasteiger partial charge in [-0.25, -0.2) is 0 Å². The minimum absolute atomic E-state index is 0.0581. The van der Waals surface area contributed by atoms with E-state index in [1.165, 1.54) is 0 Å². The average Bonchev–Trinajstić information content (AvgIpc) is 3.43. The summed E-state index contributed by atoms with van der Waals surface area (Å²) in [6.07, 6.45) is 4.98. The summed E-state index contributed by atoms with van der Waals surface area (Å²) < 4.78 is 2.02. The number of nitrogens with one attached hydrogen (secondary N) is 1. The van der Waals surface area contributed by atoms with Gasteiger partial charge in [0.2, 0.25) is 5.91 Å². The predicted octanol–water partition coefficient (Wildman–Crippen LogP) is 4.81. The number of benzene rings is 2. The molecule has 2 aliphatic rings. The van der Waals surface area contributed by atoms with E-state index < -0.39 is 5.54 Å². The van der Waals surface area contributed by atoms with Crippen molar-refractivity contribution in [3.05, 3.63) is 70.9 Å². The second-order valence-corrected chi connectivity index (χ2v) is 9.67. The first-order chi connectivity index (χ1) is 15.5. The number of hydrogen-bond acceptors (Lipinski definition) is 2. The Kier molecular flexibility index (Phi) is 5.46. The maximum absolute atomic E-state index is 13.7. The van der Waals surface area contributed by atoms with Crippen LogP contribution in [-0.2, 0) is 17.8 Å². The zero-order valence-corrected chi connectivity index (χ0v) is 19.1. The van der Waals surface area contributed by atoms with Crippen LogP contribution in [0.5, 0.6) is 0 Å². The number of para-hydroxylation sites is 1. The Labute approximate surface area is 193 Å². The van der Waals surface area contributed by atoms with Crippen molar-refractivity contribution in [2.45, 2.75) is 57.2 Å². The highest BCUT2D eigenvalue weighted by Gasteiger charge is 2.47. The van der Waals surface area contributed by atoms with Crippen LogP contribution in [-0.4, -0.2) is 39.4 Å². The normalized spacial score (nSPS) is 21.2. The molecule has 1 atom stereocenters. The third-order valence-corrected chi connectivity index (χ3v) is 7.31. The summed E-state index contributed by atoms with van der Waals surface area (Å²) in [5.74, 6) is -0.150. The van der Waals surface area contributed by atoms with Crippen LogP contribution in [0.1, 0.15) is 48.7 Å². The fourth-order valence-corrected chi connectivity index (χ4v) is 5.29. The van der Waals surface area contributed by atoms with Gasteiger partial charge in [0, 0.05) is 28.5 Å². The van der Waals surface area contributed by atoms with Gasteiger partial charge in [-0.1, -0.05) is 54.8 Å². The molecule has 1 N–H and O–H groups in total. The fraction of sp³-hybridized carbons (Fsp3) is 0.385. The largest absolute Gasteiger partial charge is 0.351 e. The van der Waals surface area contributed by atoms with Crippen molar-refractivity contribution in [3.63, 3.8) is 0 Å². The number of rotatable bonds is 5. The van der Waals surface area contributed by atoms with Crippen molar-refractivity contribution in [1.29, 1.82) is 0 Å². The minimum Gasteiger partial charge on any atom is -0.351 e. The number of carbonyl (C=O) groups is 2. The monoisotopic (exact) mass is 449 g/mol. The molecule has 1 aliphatic heterocycles. The van der Waals surface area contributed by atoms with Crippen molar-refractivity contribution in [2.24, 2.45) is 0 Å². The molecule has 0 radical (unpaired) electrons. The maximum Gasteiger partial charge on any atom is 0.271 e. The molecule has 1 unspecified atom stereocenters. The van der Waals surface area contributed by atoms with Gasteiger partial charge in [0.25, 0.3) is 5.91 Å². The Balaban J connectivity index is 1.50. The molecule has 1 aliphatic carbocycles. The summed E-state index contributed by atoms with van der Waals surface area (Å²) in [7, 11) is 0. The number of fused-ring (bicyclic) bond motifs is 3. The number of halogens is 1. The summed E-state index contributed by atoms with van der Waals surface area (Å²) >= 11 is 6.03. The van der Waals surface area contributed by atoms with Gasteiger partial charge in [-0.3, -0.25) is 9.59 Å². The van der Waals surface area contributed by atoms with E-state index in [4.69, 9.17) is 11.6 Å². The Hall–Kier alpha value is -2.79. The van der Waals surface area contributed by atoms with Crippen LogP contribution >= 0.6 is 11.6 Å². The second-order valence-electron chi connectivity index (χ2n) is 9.24. The van der Waals surface area contributed by atoms with Crippen LogP contribution in [0.3, 0.4) is 0 Å². The molecule has 5 nitrogen and oxygen atoms in total. The smallest absolute Gasteiger partial charge is 0.271 e. The Morgan fingerprint density at radius 2 is 1.84 bits per heavy atom. The van der Waals surface area contributed by atoms with Gasteiger partial charge in [0.1, 0.15) is 11.2 Å². The molecule has 5 rings (SSSR count). The highest BCUT2D eigenvalue weighted by molar-refractivity contribution is 6.30. The van der Waals surface area contributed by atoms with Crippen LogP contribution in [0.4, 0.5) is 0 Å². The number of amides is 2. The zero-order chi connectivity index (χ0) is 22.3. The summed E-state index contributed by atoms with van der Waals surface area (Å²) in [4.78, 5) is 29.1. The Morgan fingerprint density at radius 3 is 2.59 bits per heavy atom. The number of nitrogens with zero attached hydrogens (tertiary/aromatic N) is 2. The molecule has 1 fully saturated rings. The molecule has 0 spiro atoms. The van der Waals surface area contributed by atoms with Crippen LogP contribution < -0.4 is 5.32 Å². The van der Waals surface area contributed by atoms with Gasteiger partial charge in [-0.2, -0.15) is 0 Å². The lowest BCUT2D eigenvalue weighted by Gasteiger charge is -2.44. The van der Waals surface area contributed by atoms with E-state index in [-0.39, 0.29) is 17.9 Å². The fourth-order valence-electron chi connectivity index (χ4n) is 5.16. The first-order valence-corrected chi connectivity index (χ1v) is 11.8. The van der Waals surface area contributed by atoms with E-state index in [1.807, 2.05) is 66.1 Å². The molecule has 1 aromatic heterocycles. The maximum atomic E-state index is 13.7. The lowest BCUT2D eigenvalue weighted by Crippen LogP contribution is -2.65. The van der Waals surface area contributed by atoms with Gasteiger partial charge in [0.15, 0.2) is 0 Å². The molecule has 0 bridgehead atoms. The molecule has 2 aromatic carbocycles. The van der Waals surface area contributed by atoms with Crippen LogP contribution in [0, 0.1) is 0 Å². The van der Waals surface area contributed by atoms with E-state index >= 15 is 0 Å². The summed E-state index contributed by atoms with van der Waals surface area (Å²) in [6, 6.07) is 17.8. The van der Waals surface area contributed by atoms with Crippen molar-refractivity contribution < 1.29 is 9.59 Å². The average molecular weight is 450 g/mol. The molecular formula is C26H28ClN3O2. The van der Waals surface area contributed by atoms with Crippen LogP contribution in [0.2, 0.25) is 5.02 Å². The van der Waals surface area contributed by atoms with Gasteiger partial charge >= 0.3 is 0 Å². The van der Waals surface area contributed by atoms with Gasteiger partial charge in [-0.05, 0) is 56.0 Å². The molecule has 2 heterocycles. The van der Waals surface area contributed by atoms with E-state index in [0.717, 1.165) is 42.1 Å².